The molecule has 0 atom stereocenters. The number of aromatic nitrogens is 1. The van der Waals surface area contributed by atoms with E-state index in [0.29, 0.717) is 12.1 Å². The second-order valence-electron chi connectivity index (χ2n) is 3.14. The van der Waals surface area contributed by atoms with E-state index in [0.717, 1.165) is 6.42 Å². The molecular weight excluding hydrogens is 176 g/mol. The minimum absolute atomic E-state index is 0.0842. The summed E-state index contributed by atoms with van der Waals surface area (Å²) in [6.45, 7) is 5.89. The highest BCUT2D eigenvalue weighted by atomic mass is 16.1. The van der Waals surface area contributed by atoms with Crippen LogP contribution in [0.1, 0.15) is 12.5 Å². The number of carbonyl (C=O) groups excluding carboxylic acids is 1. The van der Waals surface area contributed by atoms with Gasteiger partial charge in [-0.05, 0) is 31.0 Å². The number of carbonyl (C=O) groups is 1. The summed E-state index contributed by atoms with van der Waals surface area (Å²) in [5.74, 6) is -0.0842. The normalized spacial score (nSPS) is 9.50. The van der Waals surface area contributed by atoms with Crippen molar-refractivity contribution >= 4 is 5.91 Å². The van der Waals surface area contributed by atoms with Crippen molar-refractivity contribution in [1.29, 1.82) is 0 Å². The molecule has 1 rings (SSSR count). The second-order valence-corrected chi connectivity index (χ2v) is 3.14. The predicted octanol–water partition coefficient (Wildman–Crippen LogP) is 1.32. The number of pyridine rings is 1. The van der Waals surface area contributed by atoms with Gasteiger partial charge >= 0.3 is 0 Å². The molecule has 0 aromatic carbocycles. The third kappa shape index (κ3) is 3.39. The van der Waals surface area contributed by atoms with Crippen molar-refractivity contribution in [2.24, 2.45) is 0 Å². The molecule has 1 amide bonds. The van der Waals surface area contributed by atoms with E-state index >= 15 is 0 Å². The van der Waals surface area contributed by atoms with Gasteiger partial charge < -0.3 is 5.32 Å². The van der Waals surface area contributed by atoms with Crippen LogP contribution < -0.4 is 5.32 Å². The van der Waals surface area contributed by atoms with Crippen molar-refractivity contribution in [2.75, 3.05) is 6.54 Å². The molecule has 0 aliphatic carbocycles. The molecule has 74 valence electrons. The molecule has 0 fully saturated rings. The Morgan fingerprint density at radius 2 is 2.14 bits per heavy atom. The standard InChI is InChI=1S/C11H14N2O/c1-9(2)11(14)13-8-5-10-3-6-12-7-4-10/h3-4,6-7H,1,5,8H2,2H3,(H,13,14). The van der Waals surface area contributed by atoms with Crippen molar-refractivity contribution in [3.63, 3.8) is 0 Å². The van der Waals surface area contributed by atoms with Crippen LogP contribution in [0.3, 0.4) is 0 Å². The molecule has 0 saturated carbocycles. The van der Waals surface area contributed by atoms with Crippen LogP contribution in [0.5, 0.6) is 0 Å². The smallest absolute Gasteiger partial charge is 0.246 e. The Hall–Kier alpha value is -1.64. The molecule has 14 heavy (non-hydrogen) atoms. The second kappa shape index (κ2) is 5.17. The van der Waals surface area contributed by atoms with E-state index in [1.807, 2.05) is 12.1 Å². The van der Waals surface area contributed by atoms with Gasteiger partial charge in [-0.15, -0.1) is 0 Å². The topological polar surface area (TPSA) is 42.0 Å². The summed E-state index contributed by atoms with van der Waals surface area (Å²) in [6.07, 6.45) is 4.31. The Morgan fingerprint density at radius 1 is 1.50 bits per heavy atom. The van der Waals surface area contributed by atoms with Gasteiger partial charge in [0, 0.05) is 24.5 Å². The van der Waals surface area contributed by atoms with Gasteiger partial charge in [-0.1, -0.05) is 6.58 Å². The van der Waals surface area contributed by atoms with Gasteiger partial charge in [0.25, 0.3) is 0 Å². The molecule has 0 bridgehead atoms. The van der Waals surface area contributed by atoms with Gasteiger partial charge in [-0.3, -0.25) is 9.78 Å². The Balaban J connectivity index is 2.29. The number of amides is 1. The highest BCUT2D eigenvalue weighted by Gasteiger charge is 1.99. The largest absolute Gasteiger partial charge is 0.352 e. The maximum Gasteiger partial charge on any atom is 0.246 e. The SMILES string of the molecule is C=C(C)C(=O)NCCc1ccncc1. The van der Waals surface area contributed by atoms with E-state index < -0.39 is 0 Å². The van der Waals surface area contributed by atoms with Crippen molar-refractivity contribution in [1.82, 2.24) is 10.3 Å². The molecule has 1 N–H and O–H groups in total. The van der Waals surface area contributed by atoms with E-state index in [2.05, 4.69) is 16.9 Å². The fourth-order valence-corrected chi connectivity index (χ4v) is 1.02. The third-order valence-electron chi connectivity index (χ3n) is 1.84. The van der Waals surface area contributed by atoms with Crippen molar-refractivity contribution < 1.29 is 4.79 Å². The highest BCUT2D eigenvalue weighted by molar-refractivity contribution is 5.92. The first kappa shape index (κ1) is 10.4. The Morgan fingerprint density at radius 3 is 2.71 bits per heavy atom. The van der Waals surface area contributed by atoms with E-state index in [4.69, 9.17) is 0 Å². The lowest BCUT2D eigenvalue weighted by Gasteiger charge is -2.03. The number of hydrogen-bond acceptors (Lipinski definition) is 2. The molecule has 1 aromatic rings. The van der Waals surface area contributed by atoms with Crippen LogP contribution in [0.25, 0.3) is 0 Å². The van der Waals surface area contributed by atoms with Crippen molar-refractivity contribution in [3.8, 4) is 0 Å². The van der Waals surface area contributed by atoms with E-state index in [1.165, 1.54) is 5.56 Å². The first-order valence-electron chi connectivity index (χ1n) is 4.53. The predicted molar refractivity (Wildman–Crippen MR) is 55.8 cm³/mol. The minimum atomic E-state index is -0.0842. The summed E-state index contributed by atoms with van der Waals surface area (Å²) in [7, 11) is 0. The molecule has 0 radical (unpaired) electrons. The summed E-state index contributed by atoms with van der Waals surface area (Å²) >= 11 is 0. The highest BCUT2D eigenvalue weighted by Crippen LogP contribution is 1.96. The molecule has 0 unspecified atom stereocenters. The average molecular weight is 190 g/mol. The molecule has 3 heteroatoms. The van der Waals surface area contributed by atoms with Crippen molar-refractivity contribution in [3.05, 3.63) is 42.2 Å². The van der Waals surface area contributed by atoms with Gasteiger partial charge in [0.15, 0.2) is 0 Å². The summed E-state index contributed by atoms with van der Waals surface area (Å²) in [5.41, 5.74) is 1.71. The molecule has 1 aromatic heterocycles. The maximum absolute atomic E-state index is 11.1. The lowest BCUT2D eigenvalue weighted by molar-refractivity contribution is -0.117. The number of rotatable bonds is 4. The molecule has 0 saturated heterocycles. The first-order valence-corrected chi connectivity index (χ1v) is 4.53. The van der Waals surface area contributed by atoms with E-state index in [9.17, 15) is 4.79 Å². The Bertz CT molecular complexity index is 319. The molecular formula is C11H14N2O. The summed E-state index contributed by atoms with van der Waals surface area (Å²) in [5, 5.41) is 2.77. The average Bonchev–Trinajstić information content (AvgIpc) is 2.19. The van der Waals surface area contributed by atoms with Gasteiger partial charge in [-0.2, -0.15) is 0 Å². The quantitative estimate of drug-likeness (QED) is 0.727. The van der Waals surface area contributed by atoms with Crippen LogP contribution in [0.4, 0.5) is 0 Å². The van der Waals surface area contributed by atoms with Gasteiger partial charge in [0.05, 0.1) is 0 Å². The Labute approximate surface area is 83.9 Å². The zero-order valence-electron chi connectivity index (χ0n) is 8.29. The van der Waals surface area contributed by atoms with Gasteiger partial charge in [0.2, 0.25) is 5.91 Å². The van der Waals surface area contributed by atoms with Gasteiger partial charge in [-0.25, -0.2) is 0 Å². The minimum Gasteiger partial charge on any atom is -0.352 e. The monoisotopic (exact) mass is 190 g/mol. The van der Waals surface area contributed by atoms with Crippen LogP contribution in [0.15, 0.2) is 36.7 Å². The zero-order valence-corrected chi connectivity index (χ0v) is 8.29. The zero-order chi connectivity index (χ0) is 10.4. The lowest BCUT2D eigenvalue weighted by atomic mass is 10.2. The third-order valence-corrected chi connectivity index (χ3v) is 1.84. The fraction of sp³-hybridized carbons (Fsp3) is 0.273. The number of hydrogen-bond donors (Lipinski definition) is 1. The van der Waals surface area contributed by atoms with Crippen LogP contribution >= 0.6 is 0 Å². The molecule has 0 aliphatic heterocycles. The summed E-state index contributed by atoms with van der Waals surface area (Å²) in [4.78, 5) is 15.0. The number of nitrogens with zero attached hydrogens (tertiary/aromatic N) is 1. The van der Waals surface area contributed by atoms with Crippen LogP contribution in [-0.4, -0.2) is 17.4 Å². The lowest BCUT2D eigenvalue weighted by Crippen LogP contribution is -2.25. The van der Waals surface area contributed by atoms with Crippen LogP contribution in [-0.2, 0) is 11.2 Å². The van der Waals surface area contributed by atoms with Gasteiger partial charge in [0.1, 0.15) is 0 Å². The molecule has 3 nitrogen and oxygen atoms in total. The fourth-order valence-electron chi connectivity index (χ4n) is 1.02. The van der Waals surface area contributed by atoms with Crippen molar-refractivity contribution in [2.45, 2.75) is 13.3 Å². The van der Waals surface area contributed by atoms with Crippen LogP contribution in [0, 0.1) is 0 Å². The number of nitrogens with one attached hydrogen (secondary N) is 1. The van der Waals surface area contributed by atoms with E-state index in [-0.39, 0.29) is 5.91 Å². The molecule has 1 heterocycles. The molecule has 0 aliphatic rings. The maximum atomic E-state index is 11.1. The summed E-state index contributed by atoms with van der Waals surface area (Å²) in [6, 6.07) is 3.87. The van der Waals surface area contributed by atoms with Crippen LogP contribution in [0.2, 0.25) is 0 Å². The van der Waals surface area contributed by atoms with E-state index in [1.54, 1.807) is 19.3 Å². The first-order chi connectivity index (χ1) is 6.70. The molecule has 0 spiro atoms. The summed E-state index contributed by atoms with van der Waals surface area (Å²) < 4.78 is 0. The Kier molecular flexibility index (Phi) is 3.85.